The summed E-state index contributed by atoms with van der Waals surface area (Å²) in [6.45, 7) is 7.09. The number of hydrogen-bond acceptors (Lipinski definition) is 3. The number of nitrogens with one attached hydrogen (secondary N) is 3. The maximum atomic E-state index is 5.31. The number of benzene rings is 1. The second kappa shape index (κ2) is 8.19. The Balaban J connectivity index is 1.65. The molecule has 0 unspecified atom stereocenters. The van der Waals surface area contributed by atoms with Gasteiger partial charge in [-0.2, -0.15) is 11.8 Å². The van der Waals surface area contributed by atoms with E-state index in [1.165, 1.54) is 11.1 Å². The molecule has 0 atom stereocenters. The number of thiocarbonyl (C=S) groups is 1. The molecular formula is C16H22N4S2. The van der Waals surface area contributed by atoms with Gasteiger partial charge in [-0.15, -0.1) is 0 Å². The number of rotatable bonds is 6. The predicted molar refractivity (Wildman–Crippen MR) is 99.6 cm³/mol. The third-order valence-electron chi connectivity index (χ3n) is 3.47. The first-order chi connectivity index (χ1) is 10.6. The molecule has 0 saturated heterocycles. The van der Waals surface area contributed by atoms with E-state index < -0.39 is 0 Å². The summed E-state index contributed by atoms with van der Waals surface area (Å²) in [6.07, 6.45) is 1.74. The molecule has 2 aromatic rings. The minimum absolute atomic E-state index is 0.666. The van der Waals surface area contributed by atoms with E-state index in [1.54, 1.807) is 6.33 Å². The van der Waals surface area contributed by atoms with Crippen molar-refractivity contribution >= 4 is 34.8 Å². The second-order valence-corrected chi connectivity index (χ2v) is 6.72. The molecule has 0 fully saturated rings. The first-order valence-electron chi connectivity index (χ1n) is 7.25. The largest absolute Gasteiger partial charge is 0.362 e. The molecule has 0 saturated carbocycles. The minimum atomic E-state index is 0.666. The van der Waals surface area contributed by atoms with Gasteiger partial charge in [0.15, 0.2) is 5.11 Å². The Morgan fingerprint density at radius 2 is 2.09 bits per heavy atom. The van der Waals surface area contributed by atoms with Crippen LogP contribution in [0, 0.1) is 20.8 Å². The molecule has 3 N–H and O–H groups in total. The summed E-state index contributed by atoms with van der Waals surface area (Å²) in [5.74, 6) is 1.91. The van der Waals surface area contributed by atoms with Crippen LogP contribution in [0.2, 0.25) is 0 Å². The topological polar surface area (TPSA) is 52.7 Å². The predicted octanol–water partition coefficient (Wildman–Crippen LogP) is 3.55. The summed E-state index contributed by atoms with van der Waals surface area (Å²) < 4.78 is 0. The minimum Gasteiger partial charge on any atom is -0.362 e. The highest BCUT2D eigenvalue weighted by Crippen LogP contribution is 2.14. The molecule has 6 heteroatoms. The number of aryl methyl sites for hydroxylation is 3. The first-order valence-corrected chi connectivity index (χ1v) is 8.81. The van der Waals surface area contributed by atoms with Crippen molar-refractivity contribution in [1.82, 2.24) is 15.3 Å². The fourth-order valence-corrected chi connectivity index (χ4v) is 3.03. The van der Waals surface area contributed by atoms with Crippen molar-refractivity contribution in [3.63, 3.8) is 0 Å². The Kier molecular flexibility index (Phi) is 6.27. The average molecular weight is 335 g/mol. The van der Waals surface area contributed by atoms with Crippen LogP contribution in [0.25, 0.3) is 0 Å². The molecule has 1 heterocycles. The fraction of sp³-hybridized carbons (Fsp3) is 0.375. The summed E-state index contributed by atoms with van der Waals surface area (Å²) >= 11 is 7.16. The van der Waals surface area contributed by atoms with Gasteiger partial charge in [-0.3, -0.25) is 0 Å². The summed E-state index contributed by atoms with van der Waals surface area (Å²) in [5.41, 5.74) is 5.85. The van der Waals surface area contributed by atoms with Crippen molar-refractivity contribution in [3.05, 3.63) is 47.0 Å². The smallest absolute Gasteiger partial charge is 0.170 e. The average Bonchev–Trinajstić information content (AvgIpc) is 2.88. The summed E-state index contributed by atoms with van der Waals surface area (Å²) in [7, 11) is 0. The Morgan fingerprint density at radius 1 is 1.27 bits per heavy atom. The standard InChI is InChI=1S/C16H22N4S2/c1-11-4-5-14(8-12(11)2)20-16(21)17-6-7-22-9-15-13(3)18-10-19-15/h4-5,8,10H,6-7,9H2,1-3H3,(H,18,19)(H2,17,20,21). The van der Waals surface area contributed by atoms with Gasteiger partial charge in [0, 0.05) is 29.4 Å². The third kappa shape index (κ3) is 5.03. The van der Waals surface area contributed by atoms with E-state index >= 15 is 0 Å². The molecule has 22 heavy (non-hydrogen) atoms. The van der Waals surface area contributed by atoms with Crippen molar-refractivity contribution in [3.8, 4) is 0 Å². The number of anilines is 1. The number of aromatic amines is 1. The van der Waals surface area contributed by atoms with Crippen molar-refractivity contribution in [2.45, 2.75) is 26.5 Å². The van der Waals surface area contributed by atoms with Crippen LogP contribution in [0.15, 0.2) is 24.5 Å². The first kappa shape index (κ1) is 16.8. The number of hydrogen-bond donors (Lipinski definition) is 3. The highest BCUT2D eigenvalue weighted by molar-refractivity contribution is 7.98. The summed E-state index contributed by atoms with van der Waals surface area (Å²) in [5, 5.41) is 7.11. The van der Waals surface area contributed by atoms with Crippen molar-refractivity contribution in [1.29, 1.82) is 0 Å². The van der Waals surface area contributed by atoms with Crippen molar-refractivity contribution < 1.29 is 0 Å². The molecule has 0 aliphatic carbocycles. The van der Waals surface area contributed by atoms with E-state index in [1.807, 2.05) is 24.8 Å². The van der Waals surface area contributed by atoms with Crippen LogP contribution in [0.1, 0.15) is 22.5 Å². The van der Waals surface area contributed by atoms with Gasteiger partial charge < -0.3 is 15.6 Å². The molecule has 0 radical (unpaired) electrons. The van der Waals surface area contributed by atoms with Gasteiger partial charge in [0.05, 0.1) is 12.0 Å². The van der Waals surface area contributed by atoms with Gasteiger partial charge >= 0.3 is 0 Å². The second-order valence-electron chi connectivity index (χ2n) is 5.21. The van der Waals surface area contributed by atoms with Gasteiger partial charge in [0.2, 0.25) is 0 Å². The molecule has 0 aliphatic rings. The van der Waals surface area contributed by atoms with Crippen LogP contribution in [0.5, 0.6) is 0 Å². The van der Waals surface area contributed by atoms with E-state index in [-0.39, 0.29) is 0 Å². The number of thioether (sulfide) groups is 1. The Labute approximate surface area is 141 Å². The highest BCUT2D eigenvalue weighted by atomic mass is 32.2. The van der Waals surface area contributed by atoms with E-state index in [0.717, 1.165) is 35.1 Å². The molecule has 2 rings (SSSR count). The zero-order valence-electron chi connectivity index (χ0n) is 13.2. The Morgan fingerprint density at radius 3 is 2.77 bits per heavy atom. The maximum Gasteiger partial charge on any atom is 0.170 e. The molecule has 4 nitrogen and oxygen atoms in total. The lowest BCUT2D eigenvalue weighted by atomic mass is 10.1. The highest BCUT2D eigenvalue weighted by Gasteiger charge is 2.02. The lowest BCUT2D eigenvalue weighted by molar-refractivity contribution is 0.988. The molecule has 0 spiro atoms. The van der Waals surface area contributed by atoms with Gasteiger partial charge in [-0.05, 0) is 56.2 Å². The van der Waals surface area contributed by atoms with Gasteiger partial charge in [0.1, 0.15) is 0 Å². The zero-order valence-corrected chi connectivity index (χ0v) is 14.8. The van der Waals surface area contributed by atoms with Crippen LogP contribution < -0.4 is 10.6 Å². The van der Waals surface area contributed by atoms with Crippen LogP contribution >= 0.6 is 24.0 Å². The molecular weight excluding hydrogens is 312 g/mol. The van der Waals surface area contributed by atoms with Crippen LogP contribution in [-0.4, -0.2) is 27.4 Å². The van der Waals surface area contributed by atoms with Crippen LogP contribution in [0.4, 0.5) is 5.69 Å². The molecule has 1 aromatic carbocycles. The Hall–Kier alpha value is -1.53. The number of imidazole rings is 1. The molecule has 0 amide bonds. The maximum absolute atomic E-state index is 5.31. The van der Waals surface area contributed by atoms with Crippen molar-refractivity contribution in [2.75, 3.05) is 17.6 Å². The summed E-state index contributed by atoms with van der Waals surface area (Å²) in [4.78, 5) is 7.38. The molecule has 0 bridgehead atoms. The van der Waals surface area contributed by atoms with Gasteiger partial charge in [-0.25, -0.2) is 4.98 Å². The third-order valence-corrected chi connectivity index (χ3v) is 4.69. The monoisotopic (exact) mass is 334 g/mol. The SMILES string of the molecule is Cc1ccc(NC(=S)NCCSCc2nc[nH]c2C)cc1C. The van der Waals surface area contributed by atoms with E-state index in [4.69, 9.17) is 12.2 Å². The molecule has 118 valence electrons. The van der Waals surface area contributed by atoms with Crippen molar-refractivity contribution in [2.24, 2.45) is 0 Å². The number of H-pyrrole nitrogens is 1. The van der Waals surface area contributed by atoms with Crippen LogP contribution in [-0.2, 0) is 5.75 Å². The summed E-state index contributed by atoms with van der Waals surface area (Å²) in [6, 6.07) is 6.26. The molecule has 0 aliphatic heterocycles. The van der Waals surface area contributed by atoms with E-state index in [2.05, 4.69) is 46.6 Å². The van der Waals surface area contributed by atoms with E-state index in [0.29, 0.717) is 5.11 Å². The van der Waals surface area contributed by atoms with Gasteiger partial charge in [-0.1, -0.05) is 6.07 Å². The normalized spacial score (nSPS) is 10.5. The number of aromatic nitrogens is 2. The quantitative estimate of drug-likeness (QED) is 0.557. The number of nitrogens with zero attached hydrogens (tertiary/aromatic N) is 1. The fourth-order valence-electron chi connectivity index (χ4n) is 1.93. The molecule has 1 aromatic heterocycles. The lowest BCUT2D eigenvalue weighted by Crippen LogP contribution is -2.30. The lowest BCUT2D eigenvalue weighted by Gasteiger charge is -2.11. The van der Waals surface area contributed by atoms with E-state index in [9.17, 15) is 0 Å². The zero-order chi connectivity index (χ0) is 15.9. The van der Waals surface area contributed by atoms with Crippen LogP contribution in [0.3, 0.4) is 0 Å². The Bertz CT molecular complexity index is 637. The van der Waals surface area contributed by atoms with Gasteiger partial charge in [0.25, 0.3) is 0 Å².